The molecule has 0 spiro atoms. The van der Waals surface area contributed by atoms with Crippen molar-refractivity contribution >= 4 is 24.2 Å². The number of carbonyl (C=O) groups excluding carboxylic acids is 2. The van der Waals surface area contributed by atoms with Crippen molar-refractivity contribution in [1.82, 2.24) is 0 Å². The molecule has 0 heterocycles. The van der Waals surface area contributed by atoms with Crippen LogP contribution in [0.2, 0.25) is 0 Å². The molecular formula is C17H17ClO3. The second-order valence-corrected chi connectivity index (χ2v) is 4.44. The van der Waals surface area contributed by atoms with Crippen LogP contribution in [0.3, 0.4) is 0 Å². The van der Waals surface area contributed by atoms with E-state index in [1.165, 1.54) is 7.11 Å². The fraction of sp³-hybridized carbons (Fsp3) is 0.176. The zero-order chi connectivity index (χ0) is 14.4. The Morgan fingerprint density at radius 2 is 1.43 bits per heavy atom. The summed E-state index contributed by atoms with van der Waals surface area (Å²) in [7, 11) is 1.32. The highest BCUT2D eigenvalue weighted by molar-refractivity contribution is 5.97. The second-order valence-electron chi connectivity index (χ2n) is 4.44. The van der Waals surface area contributed by atoms with Gasteiger partial charge in [-0.25, -0.2) is 0 Å². The lowest BCUT2D eigenvalue weighted by atomic mass is 10.0. The molecule has 110 valence electrons. The molecule has 2 rings (SSSR count). The molecule has 0 N–H and O–H groups in total. The minimum atomic E-state index is -0.362. The van der Waals surface area contributed by atoms with Crippen molar-refractivity contribution in [3.63, 3.8) is 0 Å². The first-order valence-electron chi connectivity index (χ1n) is 6.46. The van der Waals surface area contributed by atoms with Crippen molar-refractivity contribution in [2.75, 3.05) is 7.11 Å². The van der Waals surface area contributed by atoms with Crippen molar-refractivity contribution in [2.24, 2.45) is 0 Å². The summed E-state index contributed by atoms with van der Waals surface area (Å²) in [4.78, 5) is 22.9. The van der Waals surface area contributed by atoms with Gasteiger partial charge in [0.2, 0.25) is 0 Å². The van der Waals surface area contributed by atoms with Gasteiger partial charge in [0.15, 0.2) is 5.78 Å². The lowest BCUT2D eigenvalue weighted by molar-refractivity contribution is -0.140. The summed E-state index contributed by atoms with van der Waals surface area (Å²) in [5.74, 6) is -0.408. The summed E-state index contributed by atoms with van der Waals surface area (Å²) in [5, 5.41) is 0. The SMILES string of the molecule is COC(=O)CCC(=O)c1ccc(-c2ccccc2)cc1.Cl. The minimum absolute atomic E-state index is 0. The van der Waals surface area contributed by atoms with E-state index >= 15 is 0 Å². The zero-order valence-corrected chi connectivity index (χ0v) is 12.6. The van der Waals surface area contributed by atoms with Crippen LogP contribution in [-0.4, -0.2) is 18.9 Å². The van der Waals surface area contributed by atoms with Crippen LogP contribution in [0.1, 0.15) is 23.2 Å². The highest BCUT2D eigenvalue weighted by Gasteiger charge is 2.09. The molecule has 0 unspecified atom stereocenters. The minimum Gasteiger partial charge on any atom is -0.469 e. The highest BCUT2D eigenvalue weighted by Crippen LogP contribution is 2.19. The van der Waals surface area contributed by atoms with E-state index in [2.05, 4.69) is 4.74 Å². The van der Waals surface area contributed by atoms with E-state index in [1.807, 2.05) is 42.5 Å². The number of methoxy groups -OCH3 is 1. The Bertz CT molecular complexity index is 591. The van der Waals surface area contributed by atoms with E-state index in [0.29, 0.717) is 5.56 Å². The van der Waals surface area contributed by atoms with Gasteiger partial charge in [0.05, 0.1) is 13.5 Å². The average molecular weight is 305 g/mol. The largest absolute Gasteiger partial charge is 0.469 e. The number of hydrogen-bond acceptors (Lipinski definition) is 3. The highest BCUT2D eigenvalue weighted by atomic mass is 35.5. The van der Waals surface area contributed by atoms with E-state index in [-0.39, 0.29) is 37.0 Å². The molecule has 2 aromatic rings. The molecule has 4 heteroatoms. The summed E-state index contributed by atoms with van der Waals surface area (Å²) < 4.78 is 4.52. The van der Waals surface area contributed by atoms with E-state index < -0.39 is 0 Å². The van der Waals surface area contributed by atoms with Gasteiger partial charge in [0.25, 0.3) is 0 Å². The summed E-state index contributed by atoms with van der Waals surface area (Å²) in [5.41, 5.74) is 2.80. The number of esters is 1. The second kappa shape index (κ2) is 8.22. The molecule has 0 fully saturated rings. The van der Waals surface area contributed by atoms with Crippen molar-refractivity contribution < 1.29 is 14.3 Å². The summed E-state index contributed by atoms with van der Waals surface area (Å²) in [6.45, 7) is 0. The molecule has 0 aliphatic rings. The van der Waals surface area contributed by atoms with Crippen molar-refractivity contribution in [2.45, 2.75) is 12.8 Å². The maximum Gasteiger partial charge on any atom is 0.305 e. The molecular weight excluding hydrogens is 288 g/mol. The lowest BCUT2D eigenvalue weighted by Crippen LogP contribution is -2.05. The first-order chi connectivity index (χ1) is 9.70. The fourth-order valence-corrected chi connectivity index (χ4v) is 1.94. The zero-order valence-electron chi connectivity index (χ0n) is 11.7. The molecule has 0 saturated carbocycles. The Morgan fingerprint density at radius 1 is 0.857 bits per heavy atom. The van der Waals surface area contributed by atoms with Gasteiger partial charge >= 0.3 is 5.97 Å². The number of carbonyl (C=O) groups is 2. The number of ether oxygens (including phenoxy) is 1. The number of halogens is 1. The number of rotatable bonds is 5. The van der Waals surface area contributed by atoms with Crippen LogP contribution < -0.4 is 0 Å². The van der Waals surface area contributed by atoms with Gasteiger partial charge in [0, 0.05) is 12.0 Å². The third kappa shape index (κ3) is 4.72. The van der Waals surface area contributed by atoms with Gasteiger partial charge in [-0.3, -0.25) is 9.59 Å². The van der Waals surface area contributed by atoms with Crippen LogP contribution in [0.25, 0.3) is 11.1 Å². The van der Waals surface area contributed by atoms with Gasteiger partial charge in [0.1, 0.15) is 0 Å². The molecule has 0 atom stereocenters. The molecule has 2 aromatic carbocycles. The van der Waals surface area contributed by atoms with Crippen molar-refractivity contribution in [3.05, 3.63) is 60.2 Å². The summed E-state index contributed by atoms with van der Waals surface area (Å²) in [6.07, 6.45) is 0.299. The number of hydrogen-bond donors (Lipinski definition) is 0. The van der Waals surface area contributed by atoms with Crippen molar-refractivity contribution in [1.29, 1.82) is 0 Å². The van der Waals surface area contributed by atoms with Gasteiger partial charge in [-0.05, 0) is 11.1 Å². The van der Waals surface area contributed by atoms with Crippen LogP contribution in [0.15, 0.2) is 54.6 Å². The maximum absolute atomic E-state index is 11.9. The predicted molar refractivity (Wildman–Crippen MR) is 84.7 cm³/mol. The monoisotopic (exact) mass is 304 g/mol. The molecule has 0 amide bonds. The lowest BCUT2D eigenvalue weighted by Gasteiger charge is -2.04. The van der Waals surface area contributed by atoms with Crippen LogP contribution >= 0.6 is 12.4 Å². The molecule has 0 saturated heterocycles. The summed E-state index contributed by atoms with van der Waals surface area (Å²) >= 11 is 0. The topological polar surface area (TPSA) is 43.4 Å². The Hall–Kier alpha value is -2.13. The van der Waals surface area contributed by atoms with Gasteiger partial charge in [-0.1, -0.05) is 54.6 Å². The average Bonchev–Trinajstić information content (AvgIpc) is 2.53. The quantitative estimate of drug-likeness (QED) is 0.621. The van der Waals surface area contributed by atoms with Crippen LogP contribution in [0, 0.1) is 0 Å². The Balaban J connectivity index is 0.00000220. The van der Waals surface area contributed by atoms with E-state index in [4.69, 9.17) is 0 Å². The third-order valence-electron chi connectivity index (χ3n) is 3.10. The number of benzene rings is 2. The Labute approximate surface area is 130 Å². The third-order valence-corrected chi connectivity index (χ3v) is 3.10. The molecule has 0 radical (unpaired) electrons. The van der Waals surface area contributed by atoms with Crippen LogP contribution in [0.5, 0.6) is 0 Å². The van der Waals surface area contributed by atoms with Gasteiger partial charge < -0.3 is 4.74 Å². The van der Waals surface area contributed by atoms with E-state index in [9.17, 15) is 9.59 Å². The summed E-state index contributed by atoms with van der Waals surface area (Å²) in [6, 6.07) is 17.4. The molecule has 0 bridgehead atoms. The predicted octanol–water partition coefficient (Wildman–Crippen LogP) is 3.91. The van der Waals surface area contributed by atoms with Crippen molar-refractivity contribution in [3.8, 4) is 11.1 Å². The normalized spacial score (nSPS) is 9.57. The molecule has 21 heavy (non-hydrogen) atoms. The maximum atomic E-state index is 11.9. The van der Waals surface area contributed by atoms with E-state index in [1.54, 1.807) is 12.1 Å². The Kier molecular flexibility index (Phi) is 6.63. The smallest absolute Gasteiger partial charge is 0.305 e. The molecule has 0 aromatic heterocycles. The van der Waals surface area contributed by atoms with Gasteiger partial charge in [-0.15, -0.1) is 12.4 Å². The molecule has 3 nitrogen and oxygen atoms in total. The number of ketones is 1. The first-order valence-corrected chi connectivity index (χ1v) is 6.46. The molecule has 0 aliphatic heterocycles. The standard InChI is InChI=1S/C17H16O3.ClH/c1-20-17(19)12-11-16(18)15-9-7-14(8-10-15)13-5-3-2-4-6-13;/h2-10H,11-12H2,1H3;1H. The first kappa shape index (κ1) is 16.9. The van der Waals surface area contributed by atoms with E-state index in [0.717, 1.165) is 11.1 Å². The fourth-order valence-electron chi connectivity index (χ4n) is 1.94. The van der Waals surface area contributed by atoms with Crippen LogP contribution in [-0.2, 0) is 9.53 Å². The van der Waals surface area contributed by atoms with Crippen LogP contribution in [0.4, 0.5) is 0 Å². The number of Topliss-reactive ketones (excluding diaryl/α,β-unsaturated/α-hetero) is 1. The molecule has 0 aliphatic carbocycles. The Morgan fingerprint density at radius 3 is 2.00 bits per heavy atom. The van der Waals surface area contributed by atoms with Gasteiger partial charge in [-0.2, -0.15) is 0 Å².